The van der Waals surface area contributed by atoms with E-state index in [1.807, 2.05) is 31.2 Å². The SMILES string of the molecule is CCc1ccc(N2C(=O)CC(C(=O)OC)C2C)cc1. The molecule has 19 heavy (non-hydrogen) atoms. The number of hydrogen-bond acceptors (Lipinski definition) is 3. The Morgan fingerprint density at radius 1 is 1.37 bits per heavy atom. The zero-order valence-corrected chi connectivity index (χ0v) is 11.6. The molecule has 0 N–H and O–H groups in total. The molecule has 2 unspecified atom stereocenters. The smallest absolute Gasteiger partial charge is 0.311 e. The highest BCUT2D eigenvalue weighted by Crippen LogP contribution is 2.31. The average Bonchev–Trinajstić information content (AvgIpc) is 2.73. The number of nitrogens with zero attached hydrogens (tertiary/aromatic N) is 1. The molecule has 4 nitrogen and oxygen atoms in total. The van der Waals surface area contributed by atoms with Crippen molar-refractivity contribution < 1.29 is 14.3 Å². The summed E-state index contributed by atoms with van der Waals surface area (Å²) in [5, 5.41) is 0. The van der Waals surface area contributed by atoms with Gasteiger partial charge >= 0.3 is 5.97 Å². The number of carbonyl (C=O) groups excluding carboxylic acids is 2. The molecule has 0 aliphatic carbocycles. The van der Waals surface area contributed by atoms with Gasteiger partial charge in [-0.2, -0.15) is 0 Å². The first-order valence-electron chi connectivity index (χ1n) is 6.57. The lowest BCUT2D eigenvalue weighted by Crippen LogP contribution is -2.35. The minimum atomic E-state index is -0.372. The third kappa shape index (κ3) is 2.48. The van der Waals surface area contributed by atoms with E-state index >= 15 is 0 Å². The Bertz CT molecular complexity index is 481. The Morgan fingerprint density at radius 3 is 2.53 bits per heavy atom. The first-order chi connectivity index (χ1) is 9.08. The number of ether oxygens (including phenoxy) is 1. The molecule has 0 radical (unpaired) electrons. The summed E-state index contributed by atoms with van der Waals surface area (Å²) < 4.78 is 4.76. The number of hydrogen-bond donors (Lipinski definition) is 0. The van der Waals surface area contributed by atoms with Crippen LogP contribution in [0.5, 0.6) is 0 Å². The standard InChI is InChI=1S/C15H19NO3/c1-4-11-5-7-12(8-6-11)16-10(2)13(9-14(16)17)15(18)19-3/h5-8,10,13H,4,9H2,1-3H3. The molecule has 1 aromatic carbocycles. The Morgan fingerprint density at radius 2 is 2.00 bits per heavy atom. The number of esters is 1. The molecule has 1 saturated heterocycles. The van der Waals surface area contributed by atoms with Crippen molar-refractivity contribution in [2.24, 2.45) is 5.92 Å². The number of rotatable bonds is 3. The number of anilines is 1. The monoisotopic (exact) mass is 261 g/mol. The van der Waals surface area contributed by atoms with Crippen molar-refractivity contribution in [2.75, 3.05) is 12.0 Å². The topological polar surface area (TPSA) is 46.6 Å². The van der Waals surface area contributed by atoms with Crippen molar-refractivity contribution in [3.8, 4) is 0 Å². The first-order valence-corrected chi connectivity index (χ1v) is 6.57. The van der Waals surface area contributed by atoms with Gasteiger partial charge in [0, 0.05) is 18.2 Å². The van der Waals surface area contributed by atoms with Crippen LogP contribution in [-0.4, -0.2) is 25.0 Å². The molecule has 0 aromatic heterocycles. The molecular weight excluding hydrogens is 242 g/mol. The summed E-state index contributed by atoms with van der Waals surface area (Å²) in [5.74, 6) is -0.705. The number of methoxy groups -OCH3 is 1. The van der Waals surface area contributed by atoms with Crippen molar-refractivity contribution in [3.05, 3.63) is 29.8 Å². The van der Waals surface area contributed by atoms with E-state index in [9.17, 15) is 9.59 Å². The van der Waals surface area contributed by atoms with Gasteiger partial charge < -0.3 is 9.64 Å². The highest BCUT2D eigenvalue weighted by Gasteiger charge is 2.42. The maximum atomic E-state index is 12.1. The molecule has 1 fully saturated rings. The summed E-state index contributed by atoms with van der Waals surface area (Å²) >= 11 is 0. The van der Waals surface area contributed by atoms with E-state index in [0.29, 0.717) is 0 Å². The van der Waals surface area contributed by atoms with Gasteiger partial charge in [0.1, 0.15) is 0 Å². The van der Waals surface area contributed by atoms with Crippen molar-refractivity contribution in [1.29, 1.82) is 0 Å². The lowest BCUT2D eigenvalue weighted by atomic mass is 10.0. The summed E-state index contributed by atoms with van der Waals surface area (Å²) in [5.41, 5.74) is 2.08. The van der Waals surface area contributed by atoms with Crippen LogP contribution in [0.1, 0.15) is 25.8 Å². The molecule has 2 atom stereocenters. The predicted molar refractivity (Wildman–Crippen MR) is 72.9 cm³/mol. The minimum Gasteiger partial charge on any atom is -0.469 e. The van der Waals surface area contributed by atoms with Crippen LogP contribution >= 0.6 is 0 Å². The van der Waals surface area contributed by atoms with E-state index in [2.05, 4.69) is 6.92 Å². The average molecular weight is 261 g/mol. The maximum absolute atomic E-state index is 12.1. The predicted octanol–water partition coefficient (Wildman–Crippen LogP) is 2.16. The van der Waals surface area contributed by atoms with Gasteiger partial charge in [-0.1, -0.05) is 19.1 Å². The van der Waals surface area contributed by atoms with E-state index in [1.54, 1.807) is 4.90 Å². The molecule has 1 aliphatic rings. The van der Waals surface area contributed by atoms with Crippen molar-refractivity contribution >= 4 is 17.6 Å². The second kappa shape index (κ2) is 5.43. The van der Waals surface area contributed by atoms with Crippen LogP contribution in [0.2, 0.25) is 0 Å². The van der Waals surface area contributed by atoms with Crippen molar-refractivity contribution in [3.63, 3.8) is 0 Å². The van der Waals surface area contributed by atoms with Gasteiger partial charge in [-0.3, -0.25) is 9.59 Å². The fraction of sp³-hybridized carbons (Fsp3) is 0.467. The maximum Gasteiger partial charge on any atom is 0.311 e. The zero-order chi connectivity index (χ0) is 14.0. The lowest BCUT2D eigenvalue weighted by molar-refractivity contribution is -0.146. The summed E-state index contributed by atoms with van der Waals surface area (Å²) in [6.45, 7) is 3.98. The summed E-state index contributed by atoms with van der Waals surface area (Å²) in [7, 11) is 1.36. The molecular formula is C15H19NO3. The fourth-order valence-electron chi connectivity index (χ4n) is 2.57. The van der Waals surface area contributed by atoms with Crippen LogP contribution in [0.15, 0.2) is 24.3 Å². The van der Waals surface area contributed by atoms with Crippen LogP contribution in [-0.2, 0) is 20.7 Å². The largest absolute Gasteiger partial charge is 0.469 e. The normalized spacial score (nSPS) is 22.7. The van der Waals surface area contributed by atoms with Crippen LogP contribution in [0.3, 0.4) is 0 Å². The molecule has 1 aromatic rings. The third-order valence-electron chi connectivity index (χ3n) is 3.78. The first kappa shape index (κ1) is 13.6. The summed E-state index contributed by atoms with van der Waals surface area (Å²) in [6, 6.07) is 7.74. The second-order valence-corrected chi connectivity index (χ2v) is 4.86. The second-order valence-electron chi connectivity index (χ2n) is 4.86. The Balaban J connectivity index is 2.24. The van der Waals surface area contributed by atoms with Gasteiger partial charge in [0.15, 0.2) is 0 Å². The van der Waals surface area contributed by atoms with Crippen LogP contribution < -0.4 is 4.90 Å². The van der Waals surface area contributed by atoms with Crippen LogP contribution in [0.4, 0.5) is 5.69 Å². The number of aryl methyl sites for hydroxylation is 1. The number of benzene rings is 1. The number of amides is 1. The van der Waals surface area contributed by atoms with Crippen LogP contribution in [0.25, 0.3) is 0 Å². The van der Waals surface area contributed by atoms with Crippen molar-refractivity contribution in [2.45, 2.75) is 32.7 Å². The Hall–Kier alpha value is -1.84. The Labute approximate surface area is 113 Å². The molecule has 4 heteroatoms. The molecule has 1 heterocycles. The van der Waals surface area contributed by atoms with Gasteiger partial charge in [0.2, 0.25) is 5.91 Å². The van der Waals surface area contributed by atoms with E-state index in [1.165, 1.54) is 12.7 Å². The Kier molecular flexibility index (Phi) is 3.88. The lowest BCUT2D eigenvalue weighted by Gasteiger charge is -2.24. The minimum absolute atomic E-state index is 0.0212. The molecule has 102 valence electrons. The summed E-state index contributed by atoms with van der Waals surface area (Å²) in [4.78, 5) is 25.4. The fourth-order valence-corrected chi connectivity index (χ4v) is 2.57. The van der Waals surface area contributed by atoms with Gasteiger partial charge in [-0.05, 0) is 31.0 Å². The molecule has 1 amide bonds. The molecule has 0 bridgehead atoms. The highest BCUT2D eigenvalue weighted by atomic mass is 16.5. The summed E-state index contributed by atoms with van der Waals surface area (Å²) in [6.07, 6.45) is 1.19. The number of carbonyl (C=O) groups is 2. The van der Waals surface area contributed by atoms with E-state index in [4.69, 9.17) is 4.74 Å². The molecule has 2 rings (SSSR count). The zero-order valence-electron chi connectivity index (χ0n) is 11.6. The molecule has 0 spiro atoms. The van der Waals surface area contributed by atoms with Gasteiger partial charge in [0.25, 0.3) is 0 Å². The van der Waals surface area contributed by atoms with Gasteiger partial charge in [-0.15, -0.1) is 0 Å². The van der Waals surface area contributed by atoms with Gasteiger partial charge in [-0.25, -0.2) is 0 Å². The van der Waals surface area contributed by atoms with E-state index in [0.717, 1.165) is 12.1 Å². The van der Waals surface area contributed by atoms with E-state index < -0.39 is 0 Å². The van der Waals surface area contributed by atoms with Crippen molar-refractivity contribution in [1.82, 2.24) is 0 Å². The molecule has 0 saturated carbocycles. The van der Waals surface area contributed by atoms with E-state index in [-0.39, 0.29) is 30.3 Å². The highest BCUT2D eigenvalue weighted by molar-refractivity contribution is 6.00. The van der Waals surface area contributed by atoms with Gasteiger partial charge in [0.05, 0.1) is 13.0 Å². The third-order valence-corrected chi connectivity index (χ3v) is 3.78. The molecule has 1 aliphatic heterocycles. The quantitative estimate of drug-likeness (QED) is 0.783. The van der Waals surface area contributed by atoms with Crippen LogP contribution in [0, 0.1) is 5.92 Å².